The molecule has 2 aromatic rings. The standard InChI is InChI=1S/C14H11BrClFO/c1-9-2-4-13(11(16)6-9)18-14-5-3-10(8-15)7-12(14)17/h2-7H,8H2,1H3. The number of hydrogen-bond donors (Lipinski definition) is 0. The molecule has 0 N–H and O–H groups in total. The third-order valence-corrected chi connectivity index (χ3v) is 3.40. The maximum atomic E-state index is 13.7. The molecule has 0 bridgehead atoms. The molecule has 18 heavy (non-hydrogen) atoms. The fourth-order valence-electron chi connectivity index (χ4n) is 1.52. The Labute approximate surface area is 119 Å². The molecule has 0 atom stereocenters. The zero-order chi connectivity index (χ0) is 13.1. The van der Waals surface area contributed by atoms with Gasteiger partial charge in [0.2, 0.25) is 0 Å². The first-order valence-electron chi connectivity index (χ1n) is 5.38. The monoisotopic (exact) mass is 328 g/mol. The highest BCUT2D eigenvalue weighted by atomic mass is 79.9. The van der Waals surface area contributed by atoms with E-state index < -0.39 is 5.82 Å². The molecular formula is C14H11BrClFO. The van der Waals surface area contributed by atoms with Gasteiger partial charge in [0.25, 0.3) is 0 Å². The van der Waals surface area contributed by atoms with E-state index in [1.165, 1.54) is 6.07 Å². The Morgan fingerprint density at radius 3 is 2.50 bits per heavy atom. The van der Waals surface area contributed by atoms with Crippen LogP contribution in [0.4, 0.5) is 4.39 Å². The second kappa shape index (κ2) is 5.72. The van der Waals surface area contributed by atoms with Crippen LogP contribution in [0.5, 0.6) is 11.5 Å². The first-order chi connectivity index (χ1) is 8.60. The van der Waals surface area contributed by atoms with Crippen molar-refractivity contribution in [2.24, 2.45) is 0 Å². The number of halogens is 3. The van der Waals surface area contributed by atoms with Gasteiger partial charge in [-0.1, -0.05) is 39.7 Å². The SMILES string of the molecule is Cc1ccc(Oc2ccc(CBr)cc2F)c(Cl)c1. The van der Waals surface area contributed by atoms with E-state index in [0.717, 1.165) is 11.1 Å². The summed E-state index contributed by atoms with van der Waals surface area (Å²) >= 11 is 9.31. The van der Waals surface area contributed by atoms with Crippen LogP contribution in [0.3, 0.4) is 0 Å². The Morgan fingerprint density at radius 1 is 1.17 bits per heavy atom. The van der Waals surface area contributed by atoms with Crippen molar-refractivity contribution in [3.63, 3.8) is 0 Å². The molecule has 0 spiro atoms. The lowest BCUT2D eigenvalue weighted by atomic mass is 10.2. The number of benzene rings is 2. The topological polar surface area (TPSA) is 9.23 Å². The Bertz CT molecular complexity index is 572. The molecule has 0 heterocycles. The highest BCUT2D eigenvalue weighted by Gasteiger charge is 2.08. The third-order valence-electron chi connectivity index (χ3n) is 2.46. The quantitative estimate of drug-likeness (QED) is 0.678. The van der Waals surface area contributed by atoms with Gasteiger partial charge in [-0.05, 0) is 42.3 Å². The summed E-state index contributed by atoms with van der Waals surface area (Å²) in [5, 5.41) is 1.08. The molecule has 1 nitrogen and oxygen atoms in total. The zero-order valence-electron chi connectivity index (χ0n) is 9.71. The predicted octanol–water partition coefficient (Wildman–Crippen LogP) is 5.47. The van der Waals surface area contributed by atoms with E-state index in [1.54, 1.807) is 24.3 Å². The number of rotatable bonds is 3. The Kier molecular flexibility index (Phi) is 4.25. The van der Waals surface area contributed by atoms with Gasteiger partial charge in [-0.2, -0.15) is 0 Å². The predicted molar refractivity (Wildman–Crippen MR) is 75.3 cm³/mol. The largest absolute Gasteiger partial charge is 0.453 e. The minimum absolute atomic E-state index is 0.172. The summed E-state index contributed by atoms with van der Waals surface area (Å²) in [4.78, 5) is 0. The maximum absolute atomic E-state index is 13.7. The highest BCUT2D eigenvalue weighted by molar-refractivity contribution is 9.08. The van der Waals surface area contributed by atoms with E-state index in [2.05, 4.69) is 15.9 Å². The van der Waals surface area contributed by atoms with Crippen LogP contribution in [0.25, 0.3) is 0 Å². The molecule has 0 aliphatic heterocycles. The minimum atomic E-state index is -0.399. The first-order valence-corrected chi connectivity index (χ1v) is 6.88. The summed E-state index contributed by atoms with van der Waals surface area (Å²) in [5.41, 5.74) is 1.89. The van der Waals surface area contributed by atoms with E-state index in [4.69, 9.17) is 16.3 Å². The molecule has 94 valence electrons. The van der Waals surface area contributed by atoms with Gasteiger partial charge < -0.3 is 4.74 Å². The second-order valence-corrected chi connectivity index (χ2v) is 4.90. The van der Waals surface area contributed by atoms with Crippen LogP contribution in [0.2, 0.25) is 5.02 Å². The van der Waals surface area contributed by atoms with Gasteiger partial charge in [-0.25, -0.2) is 4.39 Å². The maximum Gasteiger partial charge on any atom is 0.166 e. The van der Waals surface area contributed by atoms with Crippen LogP contribution in [0, 0.1) is 12.7 Å². The van der Waals surface area contributed by atoms with Gasteiger partial charge in [0, 0.05) is 5.33 Å². The van der Waals surface area contributed by atoms with Crippen LogP contribution in [0.1, 0.15) is 11.1 Å². The summed E-state index contributed by atoms with van der Waals surface area (Å²) in [6, 6.07) is 10.2. The minimum Gasteiger partial charge on any atom is -0.453 e. The highest BCUT2D eigenvalue weighted by Crippen LogP contribution is 2.31. The Hall–Kier alpha value is -1.06. The summed E-state index contributed by atoms with van der Waals surface area (Å²) in [5.74, 6) is 0.224. The van der Waals surface area contributed by atoms with E-state index in [-0.39, 0.29) is 5.75 Å². The van der Waals surface area contributed by atoms with Gasteiger partial charge in [0.15, 0.2) is 11.6 Å². The molecule has 0 amide bonds. The van der Waals surface area contributed by atoms with Gasteiger partial charge in [-0.15, -0.1) is 0 Å². The molecule has 0 saturated carbocycles. The van der Waals surface area contributed by atoms with E-state index >= 15 is 0 Å². The lowest BCUT2D eigenvalue weighted by Gasteiger charge is -2.09. The molecule has 0 saturated heterocycles. The molecule has 0 radical (unpaired) electrons. The fourth-order valence-corrected chi connectivity index (χ4v) is 2.14. The number of aryl methyl sites for hydroxylation is 1. The molecule has 0 aromatic heterocycles. The van der Waals surface area contributed by atoms with Gasteiger partial charge >= 0.3 is 0 Å². The van der Waals surface area contributed by atoms with Crippen molar-refractivity contribution in [1.82, 2.24) is 0 Å². The summed E-state index contributed by atoms with van der Waals surface area (Å²) in [6.07, 6.45) is 0. The fraction of sp³-hybridized carbons (Fsp3) is 0.143. The number of alkyl halides is 1. The molecule has 2 aromatic carbocycles. The smallest absolute Gasteiger partial charge is 0.166 e. The van der Waals surface area contributed by atoms with Crippen LogP contribution < -0.4 is 4.74 Å². The van der Waals surface area contributed by atoms with Gasteiger partial charge in [0.05, 0.1) is 5.02 Å². The lowest BCUT2D eigenvalue weighted by molar-refractivity contribution is 0.442. The van der Waals surface area contributed by atoms with E-state index in [0.29, 0.717) is 16.1 Å². The van der Waals surface area contributed by atoms with E-state index in [9.17, 15) is 4.39 Å². The van der Waals surface area contributed by atoms with Gasteiger partial charge in [0.1, 0.15) is 5.75 Å². The van der Waals surface area contributed by atoms with Crippen molar-refractivity contribution in [3.05, 3.63) is 58.4 Å². The second-order valence-electron chi connectivity index (χ2n) is 3.93. The number of hydrogen-bond acceptors (Lipinski definition) is 1. The molecule has 4 heteroatoms. The lowest BCUT2D eigenvalue weighted by Crippen LogP contribution is -1.91. The van der Waals surface area contributed by atoms with Crippen molar-refractivity contribution < 1.29 is 9.13 Å². The van der Waals surface area contributed by atoms with Crippen LogP contribution in [0.15, 0.2) is 36.4 Å². The van der Waals surface area contributed by atoms with Crippen molar-refractivity contribution in [3.8, 4) is 11.5 Å². The van der Waals surface area contributed by atoms with Crippen molar-refractivity contribution >= 4 is 27.5 Å². The van der Waals surface area contributed by atoms with Crippen molar-refractivity contribution in [2.75, 3.05) is 0 Å². The Morgan fingerprint density at radius 2 is 1.89 bits per heavy atom. The van der Waals surface area contributed by atoms with Crippen molar-refractivity contribution in [2.45, 2.75) is 12.3 Å². The van der Waals surface area contributed by atoms with Gasteiger partial charge in [-0.3, -0.25) is 0 Å². The first kappa shape index (κ1) is 13.4. The number of ether oxygens (including phenoxy) is 1. The molecular weight excluding hydrogens is 319 g/mol. The zero-order valence-corrected chi connectivity index (χ0v) is 12.1. The molecule has 0 fully saturated rings. The summed E-state index contributed by atoms with van der Waals surface area (Å²) in [7, 11) is 0. The van der Waals surface area contributed by atoms with Crippen LogP contribution in [-0.2, 0) is 5.33 Å². The normalized spacial score (nSPS) is 10.4. The summed E-state index contributed by atoms with van der Waals surface area (Å²) < 4.78 is 19.2. The van der Waals surface area contributed by atoms with Crippen LogP contribution in [-0.4, -0.2) is 0 Å². The summed E-state index contributed by atoms with van der Waals surface area (Å²) in [6.45, 7) is 1.93. The molecule has 0 unspecified atom stereocenters. The average Bonchev–Trinajstić information content (AvgIpc) is 2.34. The average molecular weight is 330 g/mol. The third kappa shape index (κ3) is 3.03. The Balaban J connectivity index is 2.28. The molecule has 0 aliphatic carbocycles. The van der Waals surface area contributed by atoms with Crippen molar-refractivity contribution in [1.29, 1.82) is 0 Å². The van der Waals surface area contributed by atoms with E-state index in [1.807, 2.05) is 13.0 Å². The van der Waals surface area contributed by atoms with Crippen LogP contribution >= 0.6 is 27.5 Å². The molecule has 0 aliphatic rings. The molecule has 2 rings (SSSR count).